The number of hydrogen-bond acceptors (Lipinski definition) is 9. The highest BCUT2D eigenvalue weighted by Crippen LogP contribution is 2.35. The number of oxime groups is 1. The van der Waals surface area contributed by atoms with E-state index in [1.807, 2.05) is 43.3 Å². The van der Waals surface area contributed by atoms with Crippen molar-refractivity contribution in [3.8, 4) is 11.5 Å². The lowest BCUT2D eigenvalue weighted by Gasteiger charge is -2.26. The van der Waals surface area contributed by atoms with Crippen LogP contribution in [0.1, 0.15) is 24.5 Å². The van der Waals surface area contributed by atoms with Crippen LogP contribution in [0.4, 0.5) is 15.9 Å². The van der Waals surface area contributed by atoms with Crippen LogP contribution in [0.5, 0.6) is 11.5 Å². The molecule has 9 nitrogen and oxygen atoms in total. The van der Waals surface area contributed by atoms with Gasteiger partial charge in [-0.15, -0.1) is 0 Å². The zero-order valence-corrected chi connectivity index (χ0v) is 24.4. The SMILES string of the molecule is COc1cc2c(Nc3ccc(C(C)=NOCc4ccc(F)cc4Cl)cc3)ncnc2cc1OCCCN1CCOCC1. The van der Waals surface area contributed by atoms with Gasteiger partial charge in [0.2, 0.25) is 0 Å². The minimum Gasteiger partial charge on any atom is -0.493 e. The fourth-order valence-corrected chi connectivity index (χ4v) is 4.77. The van der Waals surface area contributed by atoms with E-state index in [-0.39, 0.29) is 6.61 Å². The van der Waals surface area contributed by atoms with Gasteiger partial charge >= 0.3 is 0 Å². The van der Waals surface area contributed by atoms with E-state index in [1.54, 1.807) is 13.2 Å². The van der Waals surface area contributed by atoms with Crippen LogP contribution in [0.2, 0.25) is 5.02 Å². The Morgan fingerprint density at radius 2 is 1.88 bits per heavy atom. The molecule has 1 aliphatic rings. The fourth-order valence-electron chi connectivity index (χ4n) is 4.55. The van der Waals surface area contributed by atoms with Gasteiger partial charge in [-0.2, -0.15) is 0 Å². The van der Waals surface area contributed by atoms with Gasteiger partial charge in [0.15, 0.2) is 11.5 Å². The molecule has 4 aromatic rings. The van der Waals surface area contributed by atoms with Crippen LogP contribution in [0.25, 0.3) is 10.9 Å². The molecule has 1 fully saturated rings. The predicted octanol–water partition coefficient (Wildman–Crippen LogP) is 6.22. The number of anilines is 2. The maximum Gasteiger partial charge on any atom is 0.163 e. The monoisotopic (exact) mass is 593 g/mol. The van der Waals surface area contributed by atoms with E-state index in [1.165, 1.54) is 18.5 Å². The Hall–Kier alpha value is -3.99. The summed E-state index contributed by atoms with van der Waals surface area (Å²) >= 11 is 6.05. The van der Waals surface area contributed by atoms with Gasteiger partial charge in [0.1, 0.15) is 24.6 Å². The maximum absolute atomic E-state index is 13.2. The quantitative estimate of drug-likeness (QED) is 0.118. The number of hydrogen-bond donors (Lipinski definition) is 1. The molecule has 0 bridgehead atoms. The maximum atomic E-state index is 13.2. The van der Waals surface area contributed by atoms with Crippen molar-refractivity contribution in [2.75, 3.05) is 51.9 Å². The van der Waals surface area contributed by atoms with Gasteiger partial charge in [0, 0.05) is 42.3 Å². The summed E-state index contributed by atoms with van der Waals surface area (Å²) in [6, 6.07) is 15.7. The third-order valence-electron chi connectivity index (χ3n) is 6.90. The van der Waals surface area contributed by atoms with Crippen molar-refractivity contribution in [3.63, 3.8) is 0 Å². The molecule has 0 unspecified atom stereocenters. The first-order valence-corrected chi connectivity index (χ1v) is 14.1. The molecule has 1 saturated heterocycles. The van der Waals surface area contributed by atoms with Crippen LogP contribution in [0.15, 0.2) is 66.1 Å². The van der Waals surface area contributed by atoms with E-state index in [0.29, 0.717) is 40.2 Å². The highest BCUT2D eigenvalue weighted by Gasteiger charge is 2.14. The molecule has 1 aromatic heterocycles. The molecule has 0 atom stereocenters. The predicted molar refractivity (Wildman–Crippen MR) is 162 cm³/mol. The molecule has 2 heterocycles. The summed E-state index contributed by atoms with van der Waals surface area (Å²) in [6.07, 6.45) is 2.43. The second-order valence-corrected chi connectivity index (χ2v) is 10.2. The van der Waals surface area contributed by atoms with Crippen molar-refractivity contribution in [1.82, 2.24) is 14.9 Å². The van der Waals surface area contributed by atoms with Crippen LogP contribution >= 0.6 is 11.6 Å². The van der Waals surface area contributed by atoms with E-state index < -0.39 is 5.82 Å². The molecule has 11 heteroatoms. The average molecular weight is 594 g/mol. The van der Waals surface area contributed by atoms with Crippen molar-refractivity contribution < 1.29 is 23.4 Å². The molecule has 0 amide bonds. The van der Waals surface area contributed by atoms with E-state index >= 15 is 0 Å². The minimum absolute atomic E-state index is 0.140. The van der Waals surface area contributed by atoms with E-state index in [4.69, 9.17) is 30.6 Å². The zero-order valence-electron chi connectivity index (χ0n) is 23.6. The highest BCUT2D eigenvalue weighted by molar-refractivity contribution is 6.31. The number of nitrogens with zero attached hydrogens (tertiary/aromatic N) is 4. The summed E-state index contributed by atoms with van der Waals surface area (Å²) in [4.78, 5) is 16.7. The van der Waals surface area contributed by atoms with Crippen LogP contribution < -0.4 is 14.8 Å². The van der Waals surface area contributed by atoms with Crippen molar-refractivity contribution in [3.05, 3.63) is 82.9 Å². The molecule has 3 aromatic carbocycles. The summed E-state index contributed by atoms with van der Waals surface area (Å²) in [5, 5.41) is 8.66. The van der Waals surface area contributed by atoms with Crippen LogP contribution in [-0.4, -0.2) is 67.1 Å². The first-order chi connectivity index (χ1) is 20.5. The molecular weight excluding hydrogens is 561 g/mol. The number of benzene rings is 3. The second kappa shape index (κ2) is 14.3. The number of fused-ring (bicyclic) bond motifs is 1. The molecular formula is C31H33ClFN5O4. The number of morpholine rings is 1. The lowest BCUT2D eigenvalue weighted by molar-refractivity contribution is 0.0357. The van der Waals surface area contributed by atoms with Gasteiger partial charge in [-0.25, -0.2) is 14.4 Å². The van der Waals surface area contributed by atoms with Gasteiger partial charge in [0.05, 0.1) is 43.2 Å². The number of ether oxygens (including phenoxy) is 3. The van der Waals surface area contributed by atoms with E-state index in [0.717, 1.165) is 61.4 Å². The molecule has 1 N–H and O–H groups in total. The largest absolute Gasteiger partial charge is 0.493 e. The summed E-state index contributed by atoms with van der Waals surface area (Å²) in [7, 11) is 1.62. The van der Waals surface area contributed by atoms with Gasteiger partial charge in [0.25, 0.3) is 0 Å². The molecule has 1 aliphatic heterocycles. The third kappa shape index (κ3) is 7.64. The van der Waals surface area contributed by atoms with E-state index in [2.05, 4.69) is 25.3 Å². The summed E-state index contributed by atoms with van der Waals surface area (Å²) < 4.78 is 30.4. The normalized spacial score (nSPS) is 14.1. The molecule has 0 saturated carbocycles. The molecule has 0 aliphatic carbocycles. The van der Waals surface area contributed by atoms with Crippen molar-refractivity contribution >= 4 is 39.7 Å². The van der Waals surface area contributed by atoms with Crippen molar-refractivity contribution in [1.29, 1.82) is 0 Å². The smallest absolute Gasteiger partial charge is 0.163 e. The number of rotatable bonds is 12. The Kier molecular flexibility index (Phi) is 10.0. The molecule has 220 valence electrons. The van der Waals surface area contributed by atoms with Crippen molar-refractivity contribution in [2.24, 2.45) is 5.16 Å². The molecule has 0 spiro atoms. The van der Waals surface area contributed by atoms with Gasteiger partial charge in [-0.05, 0) is 49.2 Å². The van der Waals surface area contributed by atoms with Crippen molar-refractivity contribution in [2.45, 2.75) is 20.0 Å². The minimum atomic E-state index is -0.393. The van der Waals surface area contributed by atoms with Gasteiger partial charge in [-0.3, -0.25) is 4.90 Å². The second-order valence-electron chi connectivity index (χ2n) is 9.79. The lowest BCUT2D eigenvalue weighted by Crippen LogP contribution is -2.37. The number of halogens is 2. The first kappa shape index (κ1) is 29.5. The standard InChI is InChI=1S/C31H33ClFN5O4/c1-21(37-42-19-23-4-7-24(33)16-27(23)32)22-5-8-25(9-6-22)36-31-26-17-29(39-2)30(18-28(26)34-20-35-31)41-13-3-10-38-11-14-40-15-12-38/h4-9,16-18,20H,3,10-15,19H2,1-2H3,(H,34,35,36). The van der Waals surface area contributed by atoms with Crippen LogP contribution in [0, 0.1) is 5.82 Å². The summed E-state index contributed by atoms with van der Waals surface area (Å²) in [5.74, 6) is 1.53. The van der Waals surface area contributed by atoms with Gasteiger partial charge in [-0.1, -0.05) is 35.0 Å². The lowest BCUT2D eigenvalue weighted by atomic mass is 10.1. The zero-order chi connectivity index (χ0) is 29.3. The first-order valence-electron chi connectivity index (χ1n) is 13.7. The Bertz CT molecular complexity index is 1530. The Morgan fingerprint density at radius 3 is 2.64 bits per heavy atom. The highest BCUT2D eigenvalue weighted by atomic mass is 35.5. The topological polar surface area (TPSA) is 90.3 Å². The number of aromatic nitrogens is 2. The van der Waals surface area contributed by atoms with E-state index in [9.17, 15) is 4.39 Å². The molecule has 42 heavy (non-hydrogen) atoms. The Balaban J connectivity index is 1.21. The number of methoxy groups -OCH3 is 1. The Morgan fingerprint density at radius 1 is 1.07 bits per heavy atom. The van der Waals surface area contributed by atoms with Crippen LogP contribution in [-0.2, 0) is 16.2 Å². The summed E-state index contributed by atoms with van der Waals surface area (Å²) in [6.45, 7) is 7.04. The van der Waals surface area contributed by atoms with Gasteiger partial charge < -0.3 is 24.4 Å². The molecule has 5 rings (SSSR count). The summed E-state index contributed by atoms with van der Waals surface area (Å²) in [5.41, 5.74) is 3.82. The Labute approximate surface area is 249 Å². The fraction of sp³-hybridized carbons (Fsp3) is 0.323. The molecule has 0 radical (unpaired) electrons. The van der Waals surface area contributed by atoms with Crippen LogP contribution in [0.3, 0.4) is 0 Å². The number of nitrogens with one attached hydrogen (secondary N) is 1. The third-order valence-corrected chi connectivity index (χ3v) is 7.25. The average Bonchev–Trinajstić information content (AvgIpc) is 3.01.